The second-order valence-electron chi connectivity index (χ2n) is 7.71. The van der Waals surface area contributed by atoms with Gasteiger partial charge in [-0.15, -0.1) is 0 Å². The van der Waals surface area contributed by atoms with Crippen molar-refractivity contribution in [2.24, 2.45) is 11.8 Å². The Hall–Kier alpha value is -2.19. The van der Waals surface area contributed by atoms with Crippen molar-refractivity contribution in [3.8, 4) is 0 Å². The number of aliphatic hydroxyl groups excluding tert-OH is 2. The van der Waals surface area contributed by atoms with Crippen LogP contribution >= 0.6 is 23.5 Å². The molecular weight excluding hydrogens is 416 g/mol. The van der Waals surface area contributed by atoms with E-state index < -0.39 is 24.0 Å². The molecule has 0 aromatic heterocycles. The number of fused-ring (bicyclic) bond motifs is 2. The second-order valence-corrected chi connectivity index (χ2v) is 9.83. The lowest BCUT2D eigenvalue weighted by molar-refractivity contribution is -0.127. The van der Waals surface area contributed by atoms with Gasteiger partial charge in [0, 0.05) is 29.8 Å². The molecule has 7 heteroatoms. The summed E-state index contributed by atoms with van der Waals surface area (Å²) < 4.78 is 0. The quantitative estimate of drug-likeness (QED) is 0.741. The van der Waals surface area contributed by atoms with E-state index in [2.05, 4.69) is 0 Å². The molecule has 30 heavy (non-hydrogen) atoms. The molecule has 0 amide bonds. The molecule has 4 atom stereocenters. The summed E-state index contributed by atoms with van der Waals surface area (Å²) in [6.07, 6.45) is 1.46. The number of hydrogen-bond donors (Lipinski definition) is 2. The van der Waals surface area contributed by atoms with Gasteiger partial charge >= 0.3 is 0 Å². The van der Waals surface area contributed by atoms with Gasteiger partial charge in [0.25, 0.3) is 0 Å². The van der Waals surface area contributed by atoms with Crippen molar-refractivity contribution >= 4 is 40.7 Å². The third-order valence-corrected chi connectivity index (χ3v) is 8.32. The third-order valence-electron chi connectivity index (χ3n) is 5.95. The minimum Gasteiger partial charge on any atom is -0.391 e. The summed E-state index contributed by atoms with van der Waals surface area (Å²) in [5.41, 5.74) is 2.16. The van der Waals surface area contributed by atoms with Crippen LogP contribution in [0.2, 0.25) is 0 Å². The Kier molecular flexibility index (Phi) is 4.94. The Morgan fingerprint density at radius 2 is 1.33 bits per heavy atom. The average Bonchev–Trinajstić information content (AvgIpc) is 3.31. The maximum absolute atomic E-state index is 12.8. The number of para-hydroxylation sites is 2. The first-order chi connectivity index (χ1) is 14.5. The molecule has 2 heterocycles. The van der Waals surface area contributed by atoms with Crippen LogP contribution in [0.15, 0.2) is 80.5 Å². The molecule has 1 saturated carbocycles. The molecule has 2 aliphatic heterocycles. The molecule has 2 aromatic carbocycles. The molecule has 0 bridgehead atoms. The number of benzene rings is 2. The molecule has 3 aliphatic rings. The van der Waals surface area contributed by atoms with Crippen LogP contribution in [0.5, 0.6) is 0 Å². The summed E-state index contributed by atoms with van der Waals surface area (Å²) in [7, 11) is 3.91. The molecule has 0 radical (unpaired) electrons. The normalized spacial score (nSPS) is 30.5. The number of aliphatic hydroxyl groups is 2. The van der Waals surface area contributed by atoms with Crippen molar-refractivity contribution < 1.29 is 15.0 Å². The van der Waals surface area contributed by atoms with E-state index in [1.165, 1.54) is 0 Å². The third kappa shape index (κ3) is 3.08. The zero-order valence-electron chi connectivity index (χ0n) is 16.6. The first-order valence-electron chi connectivity index (χ1n) is 9.80. The van der Waals surface area contributed by atoms with Crippen LogP contribution < -0.4 is 9.80 Å². The summed E-state index contributed by atoms with van der Waals surface area (Å²) in [6, 6.07) is 16.1. The Labute approximate surface area is 184 Å². The molecular formula is C23H22N2O3S2. The van der Waals surface area contributed by atoms with Crippen LogP contribution in [0.25, 0.3) is 0 Å². The number of carbonyl (C=O) groups excluding carboxylic acids is 1. The van der Waals surface area contributed by atoms with Crippen LogP contribution in [-0.2, 0) is 4.79 Å². The van der Waals surface area contributed by atoms with E-state index in [0.29, 0.717) is 0 Å². The summed E-state index contributed by atoms with van der Waals surface area (Å²) in [5, 5.41) is 23.4. The van der Waals surface area contributed by atoms with Crippen LogP contribution in [0.4, 0.5) is 11.4 Å². The van der Waals surface area contributed by atoms with E-state index in [9.17, 15) is 15.0 Å². The van der Waals surface area contributed by atoms with Crippen molar-refractivity contribution in [1.82, 2.24) is 0 Å². The van der Waals surface area contributed by atoms with Gasteiger partial charge in [0.2, 0.25) is 0 Å². The predicted octanol–water partition coefficient (Wildman–Crippen LogP) is 3.69. The van der Waals surface area contributed by atoms with Gasteiger partial charge in [-0.25, -0.2) is 0 Å². The van der Waals surface area contributed by atoms with Gasteiger partial charge in [-0.2, -0.15) is 0 Å². The van der Waals surface area contributed by atoms with Gasteiger partial charge in [-0.1, -0.05) is 47.8 Å². The maximum Gasteiger partial charge on any atom is 0.171 e. The first-order valence-corrected chi connectivity index (χ1v) is 11.4. The van der Waals surface area contributed by atoms with Gasteiger partial charge in [-0.3, -0.25) is 4.79 Å². The van der Waals surface area contributed by atoms with E-state index in [4.69, 9.17) is 0 Å². The first kappa shape index (κ1) is 19.8. The van der Waals surface area contributed by atoms with Crippen LogP contribution in [0.1, 0.15) is 0 Å². The Bertz CT molecular complexity index is 1080. The Balaban J connectivity index is 1.41. The second kappa shape index (κ2) is 7.50. The summed E-state index contributed by atoms with van der Waals surface area (Å²) in [4.78, 5) is 19.1. The monoisotopic (exact) mass is 438 g/mol. The molecule has 0 saturated heterocycles. The van der Waals surface area contributed by atoms with Gasteiger partial charge in [0.1, 0.15) is 6.10 Å². The fraction of sp³-hybridized carbons (Fsp3) is 0.261. The average molecular weight is 439 g/mol. The van der Waals surface area contributed by atoms with Crippen molar-refractivity contribution in [2.75, 3.05) is 23.9 Å². The van der Waals surface area contributed by atoms with E-state index in [0.717, 1.165) is 31.2 Å². The summed E-state index contributed by atoms with van der Waals surface area (Å²) in [6.45, 7) is 0. The van der Waals surface area contributed by atoms with Crippen LogP contribution in [0, 0.1) is 11.8 Å². The number of rotatable bonds is 2. The Morgan fingerprint density at radius 1 is 0.833 bits per heavy atom. The van der Waals surface area contributed by atoms with Crippen LogP contribution in [0.3, 0.4) is 0 Å². The van der Waals surface area contributed by atoms with Gasteiger partial charge < -0.3 is 20.0 Å². The summed E-state index contributed by atoms with van der Waals surface area (Å²) >= 11 is 3.17. The standard InChI is InChI=1S/C23H22N2O3S2/c1-24-15-7-3-5-9-17(15)29-19(24)11-13-21(26)14(23(28)22(13)27)12-20-25(2)16-8-4-6-10-18(16)30-20/h3-14,21-22,26-27H,1-2H3/b19-11+,20-12+. The lowest BCUT2D eigenvalue weighted by Gasteiger charge is -2.19. The molecule has 1 aliphatic carbocycles. The highest BCUT2D eigenvalue weighted by Gasteiger charge is 2.48. The molecule has 0 spiro atoms. The molecule has 154 valence electrons. The fourth-order valence-electron chi connectivity index (χ4n) is 4.20. The number of Topliss-reactive ketones (excluding diaryl/α,β-unsaturated/α-hetero) is 1. The maximum atomic E-state index is 12.8. The molecule has 5 nitrogen and oxygen atoms in total. The van der Waals surface area contributed by atoms with Crippen molar-refractivity contribution in [3.63, 3.8) is 0 Å². The fourth-order valence-corrected chi connectivity index (χ4v) is 6.48. The zero-order valence-corrected chi connectivity index (χ0v) is 18.2. The van der Waals surface area contributed by atoms with Gasteiger partial charge in [0.05, 0.1) is 33.5 Å². The number of thioether (sulfide) groups is 2. The van der Waals surface area contributed by atoms with Crippen molar-refractivity contribution in [1.29, 1.82) is 0 Å². The highest BCUT2D eigenvalue weighted by Crippen LogP contribution is 2.48. The predicted molar refractivity (Wildman–Crippen MR) is 122 cm³/mol. The molecule has 5 rings (SSSR count). The Morgan fingerprint density at radius 3 is 1.87 bits per heavy atom. The van der Waals surface area contributed by atoms with Crippen molar-refractivity contribution in [3.05, 3.63) is 70.7 Å². The molecule has 4 unspecified atom stereocenters. The van der Waals surface area contributed by atoms with Crippen molar-refractivity contribution in [2.45, 2.75) is 22.0 Å². The SMILES string of the molecule is CN1/C(=C\C2C(=O)C(O)C(/C=C3/Sc4ccccc4N3C)C2O)Sc2ccccc21. The largest absolute Gasteiger partial charge is 0.391 e. The van der Waals surface area contributed by atoms with E-state index in [1.807, 2.05) is 78.5 Å². The minimum absolute atomic E-state index is 0.329. The molecule has 2 N–H and O–H groups in total. The number of nitrogens with zero attached hydrogens (tertiary/aromatic N) is 2. The topological polar surface area (TPSA) is 64.0 Å². The number of ketones is 1. The lowest BCUT2D eigenvalue weighted by Crippen LogP contribution is -2.25. The number of carbonyl (C=O) groups is 1. The minimum atomic E-state index is -1.22. The van der Waals surface area contributed by atoms with Gasteiger partial charge in [-0.05, 0) is 36.4 Å². The summed E-state index contributed by atoms with van der Waals surface area (Å²) in [5.74, 6) is -1.71. The highest BCUT2D eigenvalue weighted by atomic mass is 32.2. The van der Waals surface area contributed by atoms with E-state index in [-0.39, 0.29) is 5.78 Å². The highest BCUT2D eigenvalue weighted by molar-refractivity contribution is 8.04. The number of hydrogen-bond acceptors (Lipinski definition) is 7. The molecule has 1 fully saturated rings. The lowest BCUT2D eigenvalue weighted by atomic mass is 10.00. The zero-order chi connectivity index (χ0) is 21.0. The van der Waals surface area contributed by atoms with E-state index >= 15 is 0 Å². The van der Waals surface area contributed by atoms with Crippen LogP contribution in [-0.4, -0.2) is 42.3 Å². The smallest absolute Gasteiger partial charge is 0.171 e. The van der Waals surface area contributed by atoms with E-state index in [1.54, 1.807) is 29.6 Å². The number of anilines is 2. The molecule has 2 aromatic rings. The van der Waals surface area contributed by atoms with Gasteiger partial charge in [0.15, 0.2) is 5.78 Å².